The van der Waals surface area contributed by atoms with Crippen LogP contribution in [-0.4, -0.2) is 44.9 Å². The van der Waals surface area contributed by atoms with Gasteiger partial charge < -0.3 is 15.1 Å². The van der Waals surface area contributed by atoms with Gasteiger partial charge in [0.15, 0.2) is 0 Å². The Morgan fingerprint density at radius 1 is 0.870 bits per heavy atom. The van der Waals surface area contributed by atoms with Crippen LogP contribution in [0, 0.1) is 0 Å². The van der Waals surface area contributed by atoms with Crippen molar-refractivity contribution in [2.75, 3.05) is 38.4 Å². The monoisotopic (exact) mass is 311 g/mol. The Labute approximate surface area is 136 Å². The zero-order valence-corrected chi connectivity index (χ0v) is 13.8. The molecule has 0 saturated carbocycles. The predicted molar refractivity (Wildman–Crippen MR) is 93.2 cm³/mol. The molecule has 2 aromatic rings. The highest BCUT2D eigenvalue weighted by Crippen LogP contribution is 2.16. The molecule has 0 aliphatic rings. The molecular formula is C18H21N3O2. The Kier molecular flexibility index (Phi) is 5.01. The Morgan fingerprint density at radius 2 is 1.52 bits per heavy atom. The van der Waals surface area contributed by atoms with E-state index in [1.165, 1.54) is 4.90 Å². The summed E-state index contributed by atoms with van der Waals surface area (Å²) < 4.78 is 0. The number of hydrogen-bond acceptors (Lipinski definition) is 3. The van der Waals surface area contributed by atoms with E-state index in [4.69, 9.17) is 0 Å². The maximum Gasteiger partial charge on any atom is 0.255 e. The Balaban J connectivity index is 2.11. The quantitative estimate of drug-likeness (QED) is 0.944. The summed E-state index contributed by atoms with van der Waals surface area (Å²) in [4.78, 5) is 27.6. The SMILES string of the molecule is CN(C)C(=O)c1ccc(NC(=O)c2cccc(N(C)C)c2)cc1. The van der Waals surface area contributed by atoms with E-state index >= 15 is 0 Å². The highest BCUT2D eigenvalue weighted by atomic mass is 16.2. The molecule has 0 bridgehead atoms. The van der Waals surface area contributed by atoms with Gasteiger partial charge in [-0.25, -0.2) is 0 Å². The van der Waals surface area contributed by atoms with Crippen molar-refractivity contribution < 1.29 is 9.59 Å². The van der Waals surface area contributed by atoms with Crippen molar-refractivity contribution in [1.82, 2.24) is 4.90 Å². The van der Waals surface area contributed by atoms with Gasteiger partial charge in [-0.3, -0.25) is 9.59 Å². The fourth-order valence-corrected chi connectivity index (χ4v) is 2.08. The lowest BCUT2D eigenvalue weighted by Crippen LogP contribution is -2.21. The van der Waals surface area contributed by atoms with Gasteiger partial charge in [0.05, 0.1) is 0 Å². The molecule has 0 saturated heterocycles. The molecule has 0 atom stereocenters. The molecule has 0 fully saturated rings. The van der Waals surface area contributed by atoms with Crippen LogP contribution in [0.25, 0.3) is 0 Å². The van der Waals surface area contributed by atoms with Crippen LogP contribution in [0.1, 0.15) is 20.7 Å². The van der Waals surface area contributed by atoms with Crippen molar-refractivity contribution in [3.63, 3.8) is 0 Å². The third-order valence-electron chi connectivity index (χ3n) is 3.42. The van der Waals surface area contributed by atoms with Crippen LogP contribution in [0.2, 0.25) is 0 Å². The first-order valence-electron chi connectivity index (χ1n) is 7.29. The lowest BCUT2D eigenvalue weighted by molar-refractivity contribution is 0.0827. The highest BCUT2D eigenvalue weighted by molar-refractivity contribution is 6.05. The molecule has 1 N–H and O–H groups in total. The van der Waals surface area contributed by atoms with Crippen molar-refractivity contribution >= 4 is 23.2 Å². The number of anilines is 2. The fraction of sp³-hybridized carbons (Fsp3) is 0.222. The van der Waals surface area contributed by atoms with Crippen LogP contribution in [0.5, 0.6) is 0 Å². The van der Waals surface area contributed by atoms with Crippen molar-refractivity contribution in [3.8, 4) is 0 Å². The van der Waals surface area contributed by atoms with E-state index in [1.807, 2.05) is 37.2 Å². The Hall–Kier alpha value is -2.82. The third kappa shape index (κ3) is 4.10. The van der Waals surface area contributed by atoms with Gasteiger partial charge in [0.1, 0.15) is 0 Å². The molecule has 0 aliphatic heterocycles. The van der Waals surface area contributed by atoms with Crippen LogP contribution in [0.4, 0.5) is 11.4 Å². The van der Waals surface area contributed by atoms with Crippen LogP contribution in [-0.2, 0) is 0 Å². The molecule has 5 nitrogen and oxygen atoms in total. The van der Waals surface area contributed by atoms with Crippen molar-refractivity contribution in [2.45, 2.75) is 0 Å². The normalized spacial score (nSPS) is 10.1. The zero-order chi connectivity index (χ0) is 17.0. The highest BCUT2D eigenvalue weighted by Gasteiger charge is 2.10. The molecule has 5 heteroatoms. The average molecular weight is 311 g/mol. The maximum atomic E-state index is 12.3. The van der Waals surface area contributed by atoms with Crippen LogP contribution in [0.3, 0.4) is 0 Å². The van der Waals surface area contributed by atoms with Crippen LogP contribution < -0.4 is 10.2 Å². The number of nitrogens with one attached hydrogen (secondary N) is 1. The third-order valence-corrected chi connectivity index (χ3v) is 3.42. The zero-order valence-electron chi connectivity index (χ0n) is 13.8. The molecule has 0 aromatic heterocycles. The van der Waals surface area contributed by atoms with Crippen molar-refractivity contribution in [2.24, 2.45) is 0 Å². The fourth-order valence-electron chi connectivity index (χ4n) is 2.08. The summed E-state index contributed by atoms with van der Waals surface area (Å²) in [7, 11) is 7.26. The van der Waals surface area contributed by atoms with Gasteiger partial charge in [-0.05, 0) is 42.5 Å². The maximum absolute atomic E-state index is 12.3. The summed E-state index contributed by atoms with van der Waals surface area (Å²) in [5.41, 5.74) is 2.79. The summed E-state index contributed by atoms with van der Waals surface area (Å²) in [6, 6.07) is 14.3. The van der Waals surface area contributed by atoms with Gasteiger partial charge in [0.2, 0.25) is 0 Å². The number of nitrogens with zero attached hydrogens (tertiary/aromatic N) is 2. The minimum atomic E-state index is -0.180. The van der Waals surface area contributed by atoms with Gasteiger partial charge in [-0.15, -0.1) is 0 Å². The van der Waals surface area contributed by atoms with E-state index < -0.39 is 0 Å². The summed E-state index contributed by atoms with van der Waals surface area (Å²) >= 11 is 0. The van der Waals surface area contributed by atoms with E-state index in [0.29, 0.717) is 16.8 Å². The summed E-state index contributed by atoms with van der Waals surface area (Å²) in [5.74, 6) is -0.248. The van der Waals surface area contributed by atoms with Crippen molar-refractivity contribution in [1.29, 1.82) is 0 Å². The number of carbonyl (C=O) groups is 2. The number of carbonyl (C=O) groups excluding carboxylic acids is 2. The minimum absolute atomic E-state index is 0.0680. The first-order chi connectivity index (χ1) is 10.9. The summed E-state index contributed by atoms with van der Waals surface area (Å²) in [6.45, 7) is 0. The van der Waals surface area contributed by atoms with Gasteiger partial charge >= 0.3 is 0 Å². The van der Waals surface area contributed by atoms with Crippen LogP contribution >= 0.6 is 0 Å². The van der Waals surface area contributed by atoms with E-state index in [0.717, 1.165) is 5.69 Å². The molecular weight excluding hydrogens is 290 g/mol. The Bertz CT molecular complexity index is 706. The topological polar surface area (TPSA) is 52.7 Å². The second-order valence-electron chi connectivity index (χ2n) is 5.68. The molecule has 0 heterocycles. The molecule has 0 aliphatic carbocycles. The standard InChI is InChI=1S/C18H21N3O2/c1-20(2)16-7-5-6-14(12-16)17(22)19-15-10-8-13(9-11-15)18(23)21(3)4/h5-12H,1-4H3,(H,19,22). The first kappa shape index (κ1) is 16.5. The molecule has 23 heavy (non-hydrogen) atoms. The number of amides is 2. The van der Waals surface area contributed by atoms with Gasteiger partial charge in [0.25, 0.3) is 11.8 Å². The molecule has 2 aromatic carbocycles. The van der Waals surface area contributed by atoms with Gasteiger partial charge in [0, 0.05) is 50.7 Å². The summed E-state index contributed by atoms with van der Waals surface area (Å²) in [6.07, 6.45) is 0. The molecule has 2 amide bonds. The van der Waals surface area contributed by atoms with E-state index in [1.54, 1.807) is 44.4 Å². The molecule has 0 unspecified atom stereocenters. The lowest BCUT2D eigenvalue weighted by atomic mass is 10.1. The van der Waals surface area contributed by atoms with E-state index in [2.05, 4.69) is 5.32 Å². The smallest absolute Gasteiger partial charge is 0.255 e. The van der Waals surface area contributed by atoms with E-state index in [-0.39, 0.29) is 11.8 Å². The lowest BCUT2D eigenvalue weighted by Gasteiger charge is -2.14. The number of benzene rings is 2. The van der Waals surface area contributed by atoms with Crippen molar-refractivity contribution in [3.05, 3.63) is 59.7 Å². The second-order valence-corrected chi connectivity index (χ2v) is 5.68. The molecule has 0 spiro atoms. The molecule has 120 valence electrons. The van der Waals surface area contributed by atoms with E-state index in [9.17, 15) is 9.59 Å². The van der Waals surface area contributed by atoms with Gasteiger partial charge in [-0.1, -0.05) is 6.07 Å². The largest absolute Gasteiger partial charge is 0.378 e. The predicted octanol–water partition coefficient (Wildman–Crippen LogP) is 2.71. The minimum Gasteiger partial charge on any atom is -0.378 e. The average Bonchev–Trinajstić information content (AvgIpc) is 2.54. The summed E-state index contributed by atoms with van der Waals surface area (Å²) in [5, 5.41) is 2.84. The van der Waals surface area contributed by atoms with Crippen LogP contribution in [0.15, 0.2) is 48.5 Å². The van der Waals surface area contributed by atoms with Gasteiger partial charge in [-0.2, -0.15) is 0 Å². The number of hydrogen-bond donors (Lipinski definition) is 1. The molecule has 0 radical (unpaired) electrons. The second kappa shape index (κ2) is 6.96. The Morgan fingerprint density at radius 3 is 2.09 bits per heavy atom. The molecule has 2 rings (SSSR count). The number of rotatable bonds is 4. The first-order valence-corrected chi connectivity index (χ1v) is 7.29.